The molecule has 3 aromatic carbocycles. The highest BCUT2D eigenvalue weighted by molar-refractivity contribution is 6.77. The number of carbonyl (C=O) groups is 5. The molecule has 2 atom stereocenters. The standard InChI is InChI=1S/C40H44N2O8Si.C32H38N2O6Si/c1-4-40(50-39(46)49-24-26-12-6-5-7-13-26)32-22-34-35-30(23-42(34)36(43)31(32)25-48-38(40)45)28(29-16-8-9-17-33(29)41-35)18-21-51(2,3)20-11-19-47-37(44)27-14-10-15-27;1-4-32(38)25-17-27-28-23(18-34(27)29(35)24(25)19-40-31(32)37)21(22-11-5-6-12-26(22)33-28)13-16-41(2,3)15-8-14-39-30(36)20-9-7-10-20/h5-9,12-13,16-17,22,27H,4,10-11,14-15,18-21,23-25H2,1-3H3;5-6,11-12,17,20,38H,4,7-10,13-16,18-19H2,1-3H3/t40-;32-/m00/s1. The number of hydrogen-bond donors (Lipinski definition) is 1. The average molecular weight is 1280 g/mol. The lowest BCUT2D eigenvalue weighted by atomic mass is 9.85. The lowest BCUT2D eigenvalue weighted by Crippen LogP contribution is -2.47. The summed E-state index contributed by atoms with van der Waals surface area (Å²) in [4.78, 5) is 101. The fourth-order valence-electron chi connectivity index (χ4n) is 14.0. The number of cyclic esters (lactones) is 2. The second-order valence-electron chi connectivity index (χ2n) is 27.3. The van der Waals surface area contributed by atoms with Gasteiger partial charge in [0, 0.05) is 49.2 Å². The molecule has 4 aromatic heterocycles. The molecule has 2 saturated carbocycles. The third kappa shape index (κ3) is 12.4. The number of pyridine rings is 4. The zero-order valence-corrected chi connectivity index (χ0v) is 55.6. The van der Waals surface area contributed by atoms with Crippen molar-refractivity contribution < 1.29 is 57.5 Å². The number of ether oxygens (including phenoxy) is 6. The minimum Gasteiger partial charge on any atom is -0.465 e. The molecule has 92 heavy (non-hydrogen) atoms. The number of aryl methyl sites for hydroxylation is 2. The SMILES string of the molecule is CC[C@@]1(O)C(=O)OCc2c1cc1n(c2=O)Cc2c-1nc1ccccc1c2CC[Si](C)(C)CCCOC(=O)C1CCC1.CC[C@@]1(OC(=O)OCc2ccccc2)C(=O)OCc2c1cc1n(c2=O)Cc2c-1nc1ccccc1c2CC[Si](C)(C)CCCOC(=O)C1CCC1. The van der Waals surface area contributed by atoms with E-state index in [2.05, 4.69) is 38.3 Å². The van der Waals surface area contributed by atoms with Crippen LogP contribution in [0.3, 0.4) is 0 Å². The molecule has 6 aliphatic rings. The summed E-state index contributed by atoms with van der Waals surface area (Å²) in [5.74, 6) is -1.31. The number of benzene rings is 3. The Morgan fingerprint density at radius 1 is 0.587 bits per heavy atom. The highest BCUT2D eigenvalue weighted by atomic mass is 28.3. The maximum absolute atomic E-state index is 14.2. The van der Waals surface area contributed by atoms with Crippen LogP contribution in [0.15, 0.2) is 101 Å². The number of carbonyl (C=O) groups excluding carboxylic acids is 5. The summed E-state index contributed by atoms with van der Waals surface area (Å²) in [5, 5.41) is 13.4. The maximum atomic E-state index is 14.2. The van der Waals surface area contributed by atoms with Crippen LogP contribution in [0.2, 0.25) is 50.4 Å². The van der Waals surface area contributed by atoms with Gasteiger partial charge < -0.3 is 42.7 Å². The van der Waals surface area contributed by atoms with Crippen molar-refractivity contribution in [2.75, 3.05) is 13.2 Å². The number of rotatable bonds is 21. The third-order valence-corrected chi connectivity index (χ3v) is 26.9. The fourth-order valence-corrected chi connectivity index (χ4v) is 18.5. The second-order valence-corrected chi connectivity index (χ2v) is 38.0. The van der Waals surface area contributed by atoms with Crippen molar-refractivity contribution in [3.63, 3.8) is 0 Å². The number of hydrogen-bond acceptors (Lipinski definition) is 16. The lowest BCUT2D eigenvalue weighted by Gasteiger charge is -2.35. The predicted octanol–water partition coefficient (Wildman–Crippen LogP) is 12.5. The van der Waals surface area contributed by atoms with Crippen LogP contribution in [0.1, 0.15) is 128 Å². The molecule has 0 saturated heterocycles. The summed E-state index contributed by atoms with van der Waals surface area (Å²) in [6.45, 7) is 14.3. The van der Waals surface area contributed by atoms with Crippen LogP contribution in [0.4, 0.5) is 4.79 Å². The van der Waals surface area contributed by atoms with Gasteiger partial charge in [0.25, 0.3) is 11.1 Å². The van der Waals surface area contributed by atoms with E-state index in [0.717, 1.165) is 133 Å². The highest BCUT2D eigenvalue weighted by Gasteiger charge is 2.51. The Morgan fingerprint density at radius 3 is 1.53 bits per heavy atom. The summed E-state index contributed by atoms with van der Waals surface area (Å²) < 4.78 is 36.5. The molecule has 7 aromatic rings. The van der Waals surface area contributed by atoms with Gasteiger partial charge in [0.1, 0.15) is 19.8 Å². The summed E-state index contributed by atoms with van der Waals surface area (Å²) in [6, 6.07) is 33.1. The Morgan fingerprint density at radius 2 is 1.05 bits per heavy atom. The molecule has 8 heterocycles. The van der Waals surface area contributed by atoms with E-state index < -0.39 is 45.4 Å². The van der Waals surface area contributed by atoms with Crippen molar-refractivity contribution in [3.05, 3.63) is 162 Å². The summed E-state index contributed by atoms with van der Waals surface area (Å²) >= 11 is 0. The second kappa shape index (κ2) is 26.1. The Hall–Kier alpha value is -8.08. The van der Waals surface area contributed by atoms with Gasteiger partial charge in [0.2, 0.25) is 5.60 Å². The molecule has 20 heteroatoms. The Labute approximate surface area is 537 Å². The van der Waals surface area contributed by atoms with E-state index >= 15 is 0 Å². The fraction of sp³-hybridized carbons (Fsp3) is 0.458. The van der Waals surface area contributed by atoms with Crippen LogP contribution in [-0.2, 0) is 105 Å². The van der Waals surface area contributed by atoms with Gasteiger partial charge in [-0.05, 0) is 105 Å². The molecule has 13 rings (SSSR count). The van der Waals surface area contributed by atoms with Crippen LogP contribution < -0.4 is 11.1 Å². The molecule has 1 N–H and O–H groups in total. The molecular formula is C72H82N4O14Si2. The maximum Gasteiger partial charge on any atom is 0.510 e. The highest BCUT2D eigenvalue weighted by Crippen LogP contribution is 2.45. The zero-order valence-electron chi connectivity index (χ0n) is 53.6. The number of aliphatic hydroxyl groups is 1. The number of esters is 4. The van der Waals surface area contributed by atoms with Crippen molar-refractivity contribution >= 4 is 68.0 Å². The summed E-state index contributed by atoms with van der Waals surface area (Å²) in [6.07, 6.45) is 8.66. The smallest absolute Gasteiger partial charge is 0.465 e. The van der Waals surface area contributed by atoms with Crippen molar-refractivity contribution in [2.45, 2.75) is 185 Å². The first-order valence-electron chi connectivity index (χ1n) is 32.9. The molecule has 4 aliphatic heterocycles. The monoisotopic (exact) mass is 1280 g/mol. The van der Waals surface area contributed by atoms with Crippen molar-refractivity contribution in [1.29, 1.82) is 0 Å². The average Bonchev–Trinajstić information content (AvgIpc) is 1.49. The topological polar surface area (TPSA) is 231 Å². The number of nitrogens with zero attached hydrogens (tertiary/aromatic N) is 4. The molecular weight excluding hydrogens is 1200 g/mol. The molecule has 482 valence electrons. The van der Waals surface area contributed by atoms with Gasteiger partial charge in [-0.15, -0.1) is 0 Å². The van der Waals surface area contributed by atoms with Crippen LogP contribution in [0.25, 0.3) is 44.6 Å². The normalized spacial score (nSPS) is 18.7. The van der Waals surface area contributed by atoms with Gasteiger partial charge in [-0.2, -0.15) is 0 Å². The van der Waals surface area contributed by atoms with Crippen LogP contribution in [-0.4, -0.2) is 83.6 Å². The van der Waals surface area contributed by atoms with Crippen molar-refractivity contribution in [1.82, 2.24) is 19.1 Å². The number of fused-ring (bicyclic) bond motifs is 10. The van der Waals surface area contributed by atoms with Crippen LogP contribution >= 0.6 is 0 Å². The lowest BCUT2D eigenvalue weighted by molar-refractivity contribution is -0.175. The first-order chi connectivity index (χ1) is 44.2. The summed E-state index contributed by atoms with van der Waals surface area (Å²) in [5.41, 5.74) is 6.58. The quantitative estimate of drug-likeness (QED) is 0.0305. The van der Waals surface area contributed by atoms with Crippen molar-refractivity contribution in [3.8, 4) is 22.8 Å². The molecule has 0 amide bonds. The minimum absolute atomic E-state index is 0.0284. The largest absolute Gasteiger partial charge is 0.510 e. The third-order valence-electron chi connectivity index (χ3n) is 20.3. The molecule has 0 bridgehead atoms. The van der Waals surface area contributed by atoms with E-state index in [1.165, 1.54) is 11.1 Å². The minimum atomic E-state index is -1.85. The van der Waals surface area contributed by atoms with Crippen molar-refractivity contribution in [2.24, 2.45) is 11.8 Å². The van der Waals surface area contributed by atoms with Gasteiger partial charge >= 0.3 is 30.0 Å². The molecule has 2 aliphatic carbocycles. The van der Waals surface area contributed by atoms with Gasteiger partial charge in [-0.1, -0.05) is 144 Å². The van der Waals surface area contributed by atoms with Gasteiger partial charge in [-0.3, -0.25) is 19.2 Å². The Kier molecular flexibility index (Phi) is 18.2. The van der Waals surface area contributed by atoms with Crippen LogP contribution in [0, 0.1) is 11.8 Å². The van der Waals surface area contributed by atoms with Gasteiger partial charge in [0.15, 0.2) is 5.60 Å². The van der Waals surface area contributed by atoms with E-state index in [0.29, 0.717) is 60.1 Å². The first kappa shape index (κ1) is 64.0. The van der Waals surface area contributed by atoms with Gasteiger partial charge in [0.05, 0.1) is 83.1 Å². The first-order valence-corrected chi connectivity index (χ1v) is 39.7. The van der Waals surface area contributed by atoms with E-state index in [1.54, 1.807) is 35.1 Å². The Balaban J connectivity index is 0.000000182. The molecule has 18 nitrogen and oxygen atoms in total. The van der Waals surface area contributed by atoms with E-state index in [1.807, 2.05) is 66.7 Å². The Bertz CT molecular complexity index is 4190. The van der Waals surface area contributed by atoms with E-state index in [9.17, 15) is 38.7 Å². The molecule has 0 radical (unpaired) electrons. The van der Waals surface area contributed by atoms with Gasteiger partial charge in [-0.25, -0.2) is 24.4 Å². The van der Waals surface area contributed by atoms with Crippen LogP contribution in [0.5, 0.6) is 0 Å². The van der Waals surface area contributed by atoms with E-state index in [-0.39, 0.29) is 73.1 Å². The molecule has 2 fully saturated rings. The predicted molar refractivity (Wildman–Crippen MR) is 352 cm³/mol. The molecule has 0 spiro atoms. The molecule has 0 unspecified atom stereocenters. The number of aromatic nitrogens is 4. The summed E-state index contributed by atoms with van der Waals surface area (Å²) in [7, 11) is -3.29. The number of para-hydroxylation sites is 2. The zero-order chi connectivity index (χ0) is 64.7. The van der Waals surface area contributed by atoms with E-state index in [4.69, 9.17) is 38.4 Å².